The third-order valence-electron chi connectivity index (χ3n) is 5.55. The molecule has 1 unspecified atom stereocenters. The third kappa shape index (κ3) is 5.07. The van der Waals surface area contributed by atoms with E-state index in [1.165, 1.54) is 40.3 Å². The van der Waals surface area contributed by atoms with Crippen LogP contribution in [0, 0.1) is 0 Å². The fourth-order valence-corrected chi connectivity index (χ4v) is 5.72. The van der Waals surface area contributed by atoms with Crippen LogP contribution in [0.2, 0.25) is 0 Å². The standard InChI is InChI=1S/C27H21N3O5S2/c1-2-13-34-19-11-6-10-18(15-19)22-21(23(31)20-12-7-14-35-20)24(32)25(33)30(22)26-28-29-27(37-26)36-16-17-8-4-3-5-9-17/h2-12,14-15,22,32H,1,13,16H2. The Kier molecular flexibility index (Phi) is 7.20. The Labute approximate surface area is 220 Å². The number of thioether (sulfide) groups is 1. The Bertz CT molecular complexity index is 1460. The average molecular weight is 532 g/mol. The molecule has 1 N–H and O–H groups in total. The number of carbonyl (C=O) groups excluding carboxylic acids is 2. The maximum atomic E-state index is 13.4. The number of nitrogens with zero attached hydrogens (tertiary/aromatic N) is 3. The Morgan fingerprint density at radius 2 is 2.00 bits per heavy atom. The van der Waals surface area contributed by atoms with Crippen LogP contribution < -0.4 is 9.64 Å². The van der Waals surface area contributed by atoms with E-state index in [2.05, 4.69) is 16.8 Å². The summed E-state index contributed by atoms with van der Waals surface area (Å²) in [7, 11) is 0. The van der Waals surface area contributed by atoms with Crippen LogP contribution >= 0.6 is 23.1 Å². The molecule has 1 aliphatic rings. The van der Waals surface area contributed by atoms with E-state index in [0.29, 0.717) is 21.4 Å². The van der Waals surface area contributed by atoms with Crippen LogP contribution in [0.4, 0.5) is 5.13 Å². The minimum Gasteiger partial charge on any atom is -0.503 e. The van der Waals surface area contributed by atoms with Gasteiger partial charge in [0.05, 0.1) is 17.9 Å². The second-order valence-electron chi connectivity index (χ2n) is 7.94. The molecule has 0 radical (unpaired) electrons. The van der Waals surface area contributed by atoms with Crippen molar-refractivity contribution in [3.8, 4) is 5.75 Å². The van der Waals surface area contributed by atoms with Crippen molar-refractivity contribution in [1.29, 1.82) is 0 Å². The number of aromatic nitrogens is 2. The second-order valence-corrected chi connectivity index (χ2v) is 10.1. The van der Waals surface area contributed by atoms with Gasteiger partial charge in [0, 0.05) is 5.75 Å². The fourth-order valence-electron chi connectivity index (χ4n) is 3.90. The Hall–Kier alpha value is -4.15. The molecule has 3 heterocycles. The number of ketones is 1. The molecule has 2 aromatic heterocycles. The van der Waals surface area contributed by atoms with Gasteiger partial charge in [0.25, 0.3) is 5.91 Å². The molecule has 186 valence electrons. The van der Waals surface area contributed by atoms with Crippen LogP contribution in [0.5, 0.6) is 5.75 Å². The molecule has 10 heteroatoms. The maximum Gasteiger partial charge on any atom is 0.296 e. The zero-order valence-corrected chi connectivity index (χ0v) is 21.1. The van der Waals surface area contributed by atoms with Crippen molar-refractivity contribution < 1.29 is 23.8 Å². The Morgan fingerprint density at radius 3 is 2.76 bits per heavy atom. The largest absolute Gasteiger partial charge is 0.503 e. The molecule has 0 spiro atoms. The first kappa shape index (κ1) is 24.5. The molecule has 0 saturated carbocycles. The molecule has 0 aliphatic carbocycles. The molecule has 0 bridgehead atoms. The summed E-state index contributed by atoms with van der Waals surface area (Å²) in [5.41, 5.74) is 1.58. The monoisotopic (exact) mass is 531 g/mol. The minimum atomic E-state index is -0.961. The van der Waals surface area contributed by atoms with Gasteiger partial charge in [-0.2, -0.15) is 0 Å². The topological polar surface area (TPSA) is 106 Å². The molecule has 8 nitrogen and oxygen atoms in total. The van der Waals surface area contributed by atoms with E-state index in [4.69, 9.17) is 9.15 Å². The van der Waals surface area contributed by atoms with Crippen molar-refractivity contribution in [3.05, 3.63) is 114 Å². The number of Topliss-reactive ketones (excluding diaryl/α,β-unsaturated/α-hetero) is 1. The summed E-state index contributed by atoms with van der Waals surface area (Å²) in [5, 5.41) is 19.6. The number of aliphatic hydroxyl groups excluding tert-OH is 1. The first-order chi connectivity index (χ1) is 18.1. The number of carbonyl (C=O) groups is 2. The summed E-state index contributed by atoms with van der Waals surface area (Å²) >= 11 is 2.70. The lowest BCUT2D eigenvalue weighted by molar-refractivity contribution is -0.117. The molecule has 37 heavy (non-hydrogen) atoms. The van der Waals surface area contributed by atoms with Crippen LogP contribution in [-0.4, -0.2) is 33.6 Å². The van der Waals surface area contributed by atoms with Crippen molar-refractivity contribution >= 4 is 39.9 Å². The second kappa shape index (κ2) is 10.9. The number of hydrogen-bond acceptors (Lipinski definition) is 9. The number of furan rings is 1. The van der Waals surface area contributed by atoms with Crippen LogP contribution in [0.3, 0.4) is 0 Å². The summed E-state index contributed by atoms with van der Waals surface area (Å²) in [6.45, 7) is 3.94. The number of hydrogen-bond donors (Lipinski definition) is 1. The van der Waals surface area contributed by atoms with Gasteiger partial charge in [0.15, 0.2) is 15.9 Å². The van der Waals surface area contributed by atoms with E-state index >= 15 is 0 Å². The molecular weight excluding hydrogens is 510 g/mol. The van der Waals surface area contributed by atoms with Crippen LogP contribution in [-0.2, 0) is 10.5 Å². The number of anilines is 1. The highest BCUT2D eigenvalue weighted by Gasteiger charge is 2.46. The Balaban J connectivity index is 1.51. The smallest absolute Gasteiger partial charge is 0.296 e. The highest BCUT2D eigenvalue weighted by molar-refractivity contribution is 8.00. The van der Waals surface area contributed by atoms with Gasteiger partial charge in [-0.15, -0.1) is 10.2 Å². The van der Waals surface area contributed by atoms with E-state index < -0.39 is 23.5 Å². The third-order valence-corrected chi connectivity index (χ3v) is 7.67. The van der Waals surface area contributed by atoms with Crippen molar-refractivity contribution in [3.63, 3.8) is 0 Å². The van der Waals surface area contributed by atoms with Crippen molar-refractivity contribution in [1.82, 2.24) is 10.2 Å². The first-order valence-corrected chi connectivity index (χ1v) is 13.1. The van der Waals surface area contributed by atoms with Gasteiger partial charge in [0.1, 0.15) is 12.4 Å². The highest BCUT2D eigenvalue weighted by atomic mass is 32.2. The zero-order chi connectivity index (χ0) is 25.8. The van der Waals surface area contributed by atoms with Crippen LogP contribution in [0.25, 0.3) is 0 Å². The summed E-state index contributed by atoms with van der Waals surface area (Å²) in [6.07, 6.45) is 2.98. The summed E-state index contributed by atoms with van der Waals surface area (Å²) in [4.78, 5) is 28.0. The van der Waals surface area contributed by atoms with Gasteiger partial charge in [0.2, 0.25) is 10.9 Å². The normalized spacial score (nSPS) is 15.3. The first-order valence-electron chi connectivity index (χ1n) is 11.3. The lowest BCUT2D eigenvalue weighted by Crippen LogP contribution is -2.31. The van der Waals surface area contributed by atoms with Gasteiger partial charge in [-0.1, -0.05) is 78.2 Å². The van der Waals surface area contributed by atoms with E-state index in [1.54, 1.807) is 36.4 Å². The maximum absolute atomic E-state index is 13.4. The molecule has 2 aromatic carbocycles. The lowest BCUT2D eigenvalue weighted by Gasteiger charge is -2.24. The number of aliphatic hydroxyl groups is 1. The number of benzene rings is 2. The van der Waals surface area contributed by atoms with Gasteiger partial charge in [-0.05, 0) is 35.4 Å². The molecule has 4 aromatic rings. The van der Waals surface area contributed by atoms with Crippen LogP contribution in [0.15, 0.2) is 106 Å². The van der Waals surface area contributed by atoms with Gasteiger partial charge in [-0.3, -0.25) is 14.5 Å². The van der Waals surface area contributed by atoms with Crippen molar-refractivity contribution in [2.75, 3.05) is 11.5 Å². The van der Waals surface area contributed by atoms with Crippen molar-refractivity contribution in [2.24, 2.45) is 0 Å². The van der Waals surface area contributed by atoms with E-state index in [-0.39, 0.29) is 23.1 Å². The molecule has 0 saturated heterocycles. The molecule has 1 amide bonds. The summed E-state index contributed by atoms with van der Waals surface area (Å²) in [5.74, 6) is -0.773. The number of rotatable bonds is 10. The molecule has 0 fully saturated rings. The Morgan fingerprint density at radius 1 is 1.16 bits per heavy atom. The highest BCUT2D eigenvalue weighted by Crippen LogP contribution is 2.44. The van der Waals surface area contributed by atoms with Crippen LogP contribution in [0.1, 0.15) is 27.7 Å². The van der Waals surface area contributed by atoms with E-state index in [1.807, 2.05) is 30.3 Å². The van der Waals surface area contributed by atoms with E-state index in [0.717, 1.165) is 5.56 Å². The van der Waals surface area contributed by atoms with E-state index in [9.17, 15) is 14.7 Å². The van der Waals surface area contributed by atoms with Gasteiger partial charge in [-0.25, -0.2) is 0 Å². The lowest BCUT2D eigenvalue weighted by atomic mass is 9.95. The number of ether oxygens (including phenoxy) is 1. The molecule has 5 rings (SSSR count). The fraction of sp³-hybridized carbons (Fsp3) is 0.111. The zero-order valence-electron chi connectivity index (χ0n) is 19.4. The SMILES string of the molecule is C=CCOc1cccc(C2C(C(=O)c3ccco3)=C(O)C(=O)N2c2nnc(SCc3ccccc3)s2)c1. The predicted octanol–water partition coefficient (Wildman–Crippen LogP) is 5.77. The quantitative estimate of drug-likeness (QED) is 0.119. The van der Waals surface area contributed by atoms with Gasteiger partial charge >= 0.3 is 0 Å². The van der Waals surface area contributed by atoms with Gasteiger partial charge < -0.3 is 14.3 Å². The summed E-state index contributed by atoms with van der Waals surface area (Å²) < 4.78 is 11.6. The number of amides is 1. The minimum absolute atomic E-state index is 0.0108. The molecule has 1 aliphatic heterocycles. The predicted molar refractivity (Wildman–Crippen MR) is 141 cm³/mol. The average Bonchev–Trinajstić information content (AvgIpc) is 3.68. The summed E-state index contributed by atoms with van der Waals surface area (Å²) in [6, 6.07) is 19.0. The molecular formula is C27H21N3O5S2. The molecule has 1 atom stereocenters. The van der Waals surface area contributed by atoms with Crippen molar-refractivity contribution in [2.45, 2.75) is 16.1 Å².